The zero-order chi connectivity index (χ0) is 15.4. The van der Waals surface area contributed by atoms with Crippen molar-refractivity contribution in [3.63, 3.8) is 0 Å². The summed E-state index contributed by atoms with van der Waals surface area (Å²) in [6.45, 7) is 1.91. The number of nitrogens with two attached hydrogens (primary N) is 1. The number of hydrogen-bond acceptors (Lipinski definition) is 3. The zero-order valence-electron chi connectivity index (χ0n) is 11.3. The van der Waals surface area contributed by atoms with Crippen LogP contribution >= 0.6 is 15.9 Å². The summed E-state index contributed by atoms with van der Waals surface area (Å²) in [5.74, 6) is -0.335. The first kappa shape index (κ1) is 15.1. The summed E-state index contributed by atoms with van der Waals surface area (Å²) < 4.78 is 0.740. The minimum absolute atomic E-state index is 0.0609. The summed E-state index contributed by atoms with van der Waals surface area (Å²) in [5, 5.41) is 14.5. The molecule has 0 atom stereocenters. The van der Waals surface area contributed by atoms with Gasteiger partial charge in [-0.3, -0.25) is 4.79 Å². The topological polar surface area (TPSA) is 87.7 Å². The Morgan fingerprint density at radius 3 is 2.57 bits per heavy atom. The second kappa shape index (κ2) is 6.41. The van der Waals surface area contributed by atoms with Gasteiger partial charge in [0.15, 0.2) is 5.84 Å². The van der Waals surface area contributed by atoms with Crippen molar-refractivity contribution < 1.29 is 10.0 Å². The largest absolute Gasteiger partial charge is 0.409 e. The fourth-order valence-electron chi connectivity index (χ4n) is 1.88. The van der Waals surface area contributed by atoms with Gasteiger partial charge in [0, 0.05) is 10.0 Å². The van der Waals surface area contributed by atoms with Gasteiger partial charge in [0.1, 0.15) is 0 Å². The minimum Gasteiger partial charge on any atom is -0.409 e. The predicted molar refractivity (Wildman–Crippen MR) is 85.8 cm³/mol. The fraction of sp³-hybridized carbons (Fsp3) is 0.0667. The molecule has 6 heteroatoms. The summed E-state index contributed by atoms with van der Waals surface area (Å²) in [5.41, 5.74) is 8.02. The minimum atomic E-state index is -0.274. The third kappa shape index (κ3) is 3.22. The molecule has 0 unspecified atom stereocenters. The Morgan fingerprint density at radius 2 is 1.86 bits per heavy atom. The lowest BCUT2D eigenvalue weighted by atomic mass is 10.1. The molecule has 0 aliphatic rings. The van der Waals surface area contributed by atoms with Crippen molar-refractivity contribution in [2.75, 3.05) is 5.32 Å². The average Bonchev–Trinajstić information content (AvgIpc) is 2.49. The number of halogens is 1. The molecule has 21 heavy (non-hydrogen) atoms. The number of nitrogens with one attached hydrogen (secondary N) is 1. The molecular weight excluding hydrogens is 334 g/mol. The highest BCUT2D eigenvalue weighted by molar-refractivity contribution is 9.10. The van der Waals surface area contributed by atoms with Crippen LogP contribution in [0, 0.1) is 6.92 Å². The number of para-hydroxylation sites is 1. The first-order valence-electron chi connectivity index (χ1n) is 6.18. The number of anilines is 1. The standard InChI is InChI=1S/C15H14BrN3O2/c1-9-5-4-7-11(13(9)16)15(20)18-12-8-3-2-6-10(12)14(17)19-21/h2-8,21H,1H3,(H2,17,19)(H,18,20). The number of amidine groups is 1. The highest BCUT2D eigenvalue weighted by Crippen LogP contribution is 2.23. The number of carbonyl (C=O) groups is 1. The van der Waals surface area contributed by atoms with Crippen LogP contribution in [0.4, 0.5) is 5.69 Å². The second-order valence-corrected chi connectivity index (χ2v) is 5.21. The summed E-state index contributed by atoms with van der Waals surface area (Å²) in [7, 11) is 0. The maximum atomic E-state index is 12.4. The summed E-state index contributed by atoms with van der Waals surface area (Å²) in [4.78, 5) is 12.4. The molecule has 5 nitrogen and oxygen atoms in total. The fourth-order valence-corrected chi connectivity index (χ4v) is 2.33. The van der Waals surface area contributed by atoms with Crippen LogP contribution in [0.5, 0.6) is 0 Å². The maximum Gasteiger partial charge on any atom is 0.256 e. The Balaban J connectivity index is 2.35. The van der Waals surface area contributed by atoms with E-state index in [9.17, 15) is 4.79 Å². The smallest absolute Gasteiger partial charge is 0.256 e. The van der Waals surface area contributed by atoms with E-state index >= 15 is 0 Å². The molecule has 0 radical (unpaired) electrons. The highest BCUT2D eigenvalue weighted by Gasteiger charge is 2.14. The Labute approximate surface area is 130 Å². The van der Waals surface area contributed by atoms with Crippen LogP contribution < -0.4 is 11.1 Å². The van der Waals surface area contributed by atoms with E-state index in [-0.39, 0.29) is 11.7 Å². The van der Waals surface area contributed by atoms with Gasteiger partial charge in [-0.15, -0.1) is 0 Å². The molecule has 0 aliphatic heterocycles. The van der Waals surface area contributed by atoms with Gasteiger partial charge >= 0.3 is 0 Å². The lowest BCUT2D eigenvalue weighted by molar-refractivity contribution is 0.102. The molecule has 0 saturated carbocycles. The van der Waals surface area contributed by atoms with Gasteiger partial charge < -0.3 is 16.3 Å². The molecule has 0 heterocycles. The van der Waals surface area contributed by atoms with Gasteiger partial charge in [-0.2, -0.15) is 0 Å². The van der Waals surface area contributed by atoms with Crippen molar-refractivity contribution in [3.8, 4) is 0 Å². The van der Waals surface area contributed by atoms with Crippen LogP contribution in [0.25, 0.3) is 0 Å². The molecule has 0 aliphatic carbocycles. The Bertz CT molecular complexity index is 714. The van der Waals surface area contributed by atoms with Crippen molar-refractivity contribution in [2.45, 2.75) is 6.92 Å². The van der Waals surface area contributed by atoms with Crippen molar-refractivity contribution in [3.05, 3.63) is 63.6 Å². The van der Waals surface area contributed by atoms with Crippen LogP contribution in [-0.2, 0) is 0 Å². The van der Waals surface area contributed by atoms with Gasteiger partial charge in [-0.1, -0.05) is 29.4 Å². The summed E-state index contributed by atoms with van der Waals surface area (Å²) >= 11 is 3.41. The van der Waals surface area contributed by atoms with Crippen molar-refractivity contribution in [2.24, 2.45) is 10.9 Å². The van der Waals surface area contributed by atoms with Gasteiger partial charge in [0.2, 0.25) is 0 Å². The van der Waals surface area contributed by atoms with Gasteiger partial charge in [-0.25, -0.2) is 0 Å². The van der Waals surface area contributed by atoms with Gasteiger partial charge in [0.25, 0.3) is 5.91 Å². The lowest BCUT2D eigenvalue weighted by Crippen LogP contribution is -2.19. The number of carbonyl (C=O) groups excluding carboxylic acids is 1. The van der Waals surface area contributed by atoms with E-state index in [0.717, 1.165) is 10.0 Å². The molecule has 2 aromatic rings. The number of aryl methyl sites for hydroxylation is 1. The van der Waals surface area contributed by atoms with E-state index in [4.69, 9.17) is 10.9 Å². The molecule has 0 aromatic heterocycles. The molecule has 0 bridgehead atoms. The van der Waals surface area contributed by atoms with E-state index in [2.05, 4.69) is 26.4 Å². The molecular formula is C15H14BrN3O2. The molecule has 1 amide bonds. The van der Waals surface area contributed by atoms with Gasteiger partial charge in [-0.05, 0) is 46.6 Å². The quantitative estimate of drug-likeness (QED) is 0.345. The molecule has 0 fully saturated rings. The summed E-state index contributed by atoms with van der Waals surface area (Å²) in [6, 6.07) is 12.3. The van der Waals surface area contributed by atoms with Crippen LogP contribution in [0.1, 0.15) is 21.5 Å². The normalized spacial score (nSPS) is 11.2. The number of rotatable bonds is 3. The maximum absolute atomic E-state index is 12.4. The first-order chi connectivity index (χ1) is 10.0. The SMILES string of the molecule is Cc1cccc(C(=O)Nc2ccccc2/C(N)=N/O)c1Br. The monoisotopic (exact) mass is 347 g/mol. The summed E-state index contributed by atoms with van der Waals surface area (Å²) in [6.07, 6.45) is 0. The van der Waals surface area contributed by atoms with Crippen molar-refractivity contribution >= 4 is 33.4 Å². The van der Waals surface area contributed by atoms with Crippen molar-refractivity contribution in [1.82, 2.24) is 0 Å². The Kier molecular flexibility index (Phi) is 4.59. The van der Waals surface area contributed by atoms with E-state index in [1.807, 2.05) is 19.1 Å². The van der Waals surface area contributed by atoms with E-state index in [1.165, 1.54) is 0 Å². The van der Waals surface area contributed by atoms with E-state index < -0.39 is 0 Å². The van der Waals surface area contributed by atoms with Crippen LogP contribution in [0.2, 0.25) is 0 Å². The van der Waals surface area contributed by atoms with Crippen molar-refractivity contribution in [1.29, 1.82) is 0 Å². The zero-order valence-corrected chi connectivity index (χ0v) is 12.9. The number of hydrogen-bond donors (Lipinski definition) is 3. The number of oxime groups is 1. The van der Waals surface area contributed by atoms with Crippen LogP contribution in [0.3, 0.4) is 0 Å². The molecule has 2 rings (SSSR count). The van der Waals surface area contributed by atoms with Crippen LogP contribution in [0.15, 0.2) is 52.1 Å². The molecule has 2 aromatic carbocycles. The molecule has 0 spiro atoms. The number of benzene rings is 2. The third-order valence-electron chi connectivity index (χ3n) is 3.00. The highest BCUT2D eigenvalue weighted by atomic mass is 79.9. The van der Waals surface area contributed by atoms with E-state index in [1.54, 1.807) is 30.3 Å². The number of nitrogens with zero attached hydrogens (tertiary/aromatic N) is 1. The average molecular weight is 348 g/mol. The van der Waals surface area contributed by atoms with Crippen LogP contribution in [-0.4, -0.2) is 17.0 Å². The van der Waals surface area contributed by atoms with E-state index in [0.29, 0.717) is 16.8 Å². The second-order valence-electron chi connectivity index (χ2n) is 4.42. The number of amides is 1. The van der Waals surface area contributed by atoms with Gasteiger partial charge in [0.05, 0.1) is 11.3 Å². The molecule has 4 N–H and O–H groups in total. The Hall–Kier alpha value is -2.34. The first-order valence-corrected chi connectivity index (χ1v) is 6.97. The predicted octanol–water partition coefficient (Wildman–Crippen LogP) is 3.10. The Morgan fingerprint density at radius 1 is 1.19 bits per heavy atom. The lowest BCUT2D eigenvalue weighted by Gasteiger charge is -2.11. The molecule has 0 saturated heterocycles. The third-order valence-corrected chi connectivity index (χ3v) is 4.05. The molecule has 108 valence electrons.